The van der Waals surface area contributed by atoms with E-state index in [1.807, 2.05) is 0 Å². The average Bonchev–Trinajstić information content (AvgIpc) is 2.65. The topological polar surface area (TPSA) is 76.1 Å². The Labute approximate surface area is 147 Å². The van der Waals surface area contributed by atoms with Crippen LogP contribution in [0.3, 0.4) is 0 Å². The van der Waals surface area contributed by atoms with Crippen LogP contribution in [0.1, 0.15) is 10.4 Å². The minimum absolute atomic E-state index is 0.0571. The zero-order valence-electron chi connectivity index (χ0n) is 13.5. The largest absolute Gasteiger partial charge is 0.480 e. The van der Waals surface area contributed by atoms with Crippen molar-refractivity contribution in [3.8, 4) is 11.5 Å². The van der Waals surface area contributed by atoms with Crippen molar-refractivity contribution < 1.29 is 33.0 Å². The fraction of sp³-hybridized carbons (Fsp3) is 0.222. The Morgan fingerprint density at radius 3 is 2.42 bits per heavy atom. The zero-order valence-corrected chi connectivity index (χ0v) is 13.5. The Bertz CT molecular complexity index is 825. The molecule has 136 valence electrons. The molecule has 1 aliphatic heterocycles. The number of nitrogens with zero attached hydrogens (tertiary/aromatic N) is 1. The number of rotatable bonds is 4. The summed E-state index contributed by atoms with van der Waals surface area (Å²) in [6, 6.07) is 8.05. The van der Waals surface area contributed by atoms with Crippen LogP contribution in [0.2, 0.25) is 0 Å². The lowest BCUT2D eigenvalue weighted by Gasteiger charge is -2.32. The van der Waals surface area contributed by atoms with Gasteiger partial charge in [0, 0.05) is 18.2 Å². The molecule has 2 aromatic carbocycles. The predicted octanol–water partition coefficient (Wildman–Crippen LogP) is 2.68. The molecule has 1 heterocycles. The van der Waals surface area contributed by atoms with Crippen LogP contribution in [0.15, 0.2) is 42.5 Å². The summed E-state index contributed by atoms with van der Waals surface area (Å²) in [5.74, 6) is -3.12. The molecule has 26 heavy (non-hydrogen) atoms. The fourth-order valence-corrected chi connectivity index (χ4v) is 2.56. The summed E-state index contributed by atoms with van der Waals surface area (Å²) in [7, 11) is 0. The SMILES string of the molecule is O=C(O)[C@H]1COCCN1C(=O)c1ccc(Oc2ccc(F)c(F)c2)cc1. The molecule has 6 nitrogen and oxygen atoms in total. The van der Waals surface area contributed by atoms with Gasteiger partial charge in [-0.3, -0.25) is 4.79 Å². The zero-order chi connectivity index (χ0) is 18.7. The first-order valence-corrected chi connectivity index (χ1v) is 7.80. The first kappa shape index (κ1) is 17.8. The van der Waals surface area contributed by atoms with Crippen LogP contribution in [0.5, 0.6) is 11.5 Å². The summed E-state index contributed by atoms with van der Waals surface area (Å²) >= 11 is 0. The van der Waals surface area contributed by atoms with Gasteiger partial charge in [-0.05, 0) is 36.4 Å². The van der Waals surface area contributed by atoms with Gasteiger partial charge in [0.05, 0.1) is 13.2 Å². The minimum atomic E-state index is -1.13. The van der Waals surface area contributed by atoms with Crippen molar-refractivity contribution in [2.75, 3.05) is 19.8 Å². The van der Waals surface area contributed by atoms with Gasteiger partial charge >= 0.3 is 5.97 Å². The number of carbonyl (C=O) groups is 2. The second-order valence-corrected chi connectivity index (χ2v) is 5.63. The highest BCUT2D eigenvalue weighted by Gasteiger charge is 2.33. The lowest BCUT2D eigenvalue weighted by Crippen LogP contribution is -2.52. The van der Waals surface area contributed by atoms with Gasteiger partial charge in [-0.1, -0.05) is 0 Å². The number of halogens is 2. The molecule has 1 amide bonds. The summed E-state index contributed by atoms with van der Waals surface area (Å²) in [5, 5.41) is 9.20. The molecule has 1 atom stereocenters. The first-order chi connectivity index (χ1) is 12.5. The minimum Gasteiger partial charge on any atom is -0.480 e. The Morgan fingerprint density at radius 2 is 1.77 bits per heavy atom. The average molecular weight is 363 g/mol. The number of carboxylic acid groups (broad SMARTS) is 1. The lowest BCUT2D eigenvalue weighted by atomic mass is 10.1. The van der Waals surface area contributed by atoms with Gasteiger partial charge in [0.25, 0.3) is 5.91 Å². The van der Waals surface area contributed by atoms with E-state index in [1.165, 1.54) is 35.2 Å². The summed E-state index contributed by atoms with van der Waals surface area (Å²) < 4.78 is 36.6. The maximum Gasteiger partial charge on any atom is 0.328 e. The highest BCUT2D eigenvalue weighted by atomic mass is 19.2. The summed E-state index contributed by atoms with van der Waals surface area (Å²) in [6.45, 7) is 0.397. The van der Waals surface area contributed by atoms with E-state index < -0.39 is 29.6 Å². The van der Waals surface area contributed by atoms with Crippen LogP contribution in [0, 0.1) is 11.6 Å². The third-order valence-corrected chi connectivity index (χ3v) is 3.90. The van der Waals surface area contributed by atoms with Crippen molar-refractivity contribution in [3.63, 3.8) is 0 Å². The van der Waals surface area contributed by atoms with Crippen molar-refractivity contribution in [3.05, 3.63) is 59.7 Å². The lowest BCUT2D eigenvalue weighted by molar-refractivity contribution is -0.147. The van der Waals surface area contributed by atoms with Crippen LogP contribution in [0.4, 0.5) is 8.78 Å². The quantitative estimate of drug-likeness (QED) is 0.904. The van der Waals surface area contributed by atoms with E-state index in [0.717, 1.165) is 12.1 Å². The highest BCUT2D eigenvalue weighted by Crippen LogP contribution is 2.24. The van der Waals surface area contributed by atoms with E-state index in [-0.39, 0.29) is 31.1 Å². The number of amides is 1. The Kier molecular flexibility index (Phi) is 5.13. The molecule has 0 aliphatic carbocycles. The Balaban J connectivity index is 1.73. The van der Waals surface area contributed by atoms with Gasteiger partial charge in [-0.2, -0.15) is 0 Å². The van der Waals surface area contributed by atoms with Gasteiger partial charge in [0.1, 0.15) is 11.5 Å². The molecule has 0 spiro atoms. The predicted molar refractivity (Wildman–Crippen MR) is 86.2 cm³/mol. The number of ether oxygens (including phenoxy) is 2. The van der Waals surface area contributed by atoms with E-state index in [9.17, 15) is 23.5 Å². The molecule has 1 N–H and O–H groups in total. The molecule has 1 aliphatic rings. The molecule has 0 bridgehead atoms. The molecule has 3 rings (SSSR count). The highest BCUT2D eigenvalue weighted by molar-refractivity contribution is 5.96. The summed E-state index contributed by atoms with van der Waals surface area (Å²) in [6.07, 6.45) is 0. The maximum atomic E-state index is 13.2. The van der Waals surface area contributed by atoms with Gasteiger partial charge in [0.15, 0.2) is 17.7 Å². The number of hydrogen-bond acceptors (Lipinski definition) is 4. The van der Waals surface area contributed by atoms with Gasteiger partial charge in [-0.25, -0.2) is 13.6 Å². The number of hydrogen-bond donors (Lipinski definition) is 1. The molecule has 1 saturated heterocycles. The first-order valence-electron chi connectivity index (χ1n) is 7.80. The van der Waals surface area contributed by atoms with E-state index in [0.29, 0.717) is 5.75 Å². The number of carbonyl (C=O) groups excluding carboxylic acids is 1. The van der Waals surface area contributed by atoms with E-state index in [4.69, 9.17) is 9.47 Å². The van der Waals surface area contributed by atoms with Crippen LogP contribution in [-0.2, 0) is 9.53 Å². The van der Waals surface area contributed by atoms with Crippen molar-refractivity contribution >= 4 is 11.9 Å². The molecular weight excluding hydrogens is 348 g/mol. The second-order valence-electron chi connectivity index (χ2n) is 5.63. The monoisotopic (exact) mass is 363 g/mol. The number of morpholine rings is 1. The van der Waals surface area contributed by atoms with Gasteiger partial charge in [-0.15, -0.1) is 0 Å². The van der Waals surface area contributed by atoms with Crippen LogP contribution in [0.25, 0.3) is 0 Å². The smallest absolute Gasteiger partial charge is 0.328 e. The van der Waals surface area contributed by atoms with Crippen LogP contribution >= 0.6 is 0 Å². The van der Waals surface area contributed by atoms with Crippen molar-refractivity contribution in [2.45, 2.75) is 6.04 Å². The molecule has 0 aromatic heterocycles. The normalized spacial score (nSPS) is 17.0. The van der Waals surface area contributed by atoms with E-state index in [2.05, 4.69) is 0 Å². The van der Waals surface area contributed by atoms with E-state index >= 15 is 0 Å². The third kappa shape index (κ3) is 3.80. The standard InChI is InChI=1S/C18H15F2NO5/c19-14-6-5-13(9-15(14)20)26-12-3-1-11(2-4-12)17(22)21-7-8-25-10-16(21)18(23)24/h1-6,9,16H,7-8,10H2,(H,23,24)/t16-/m1/s1. The summed E-state index contributed by atoms with van der Waals surface area (Å²) in [5.41, 5.74) is 0.288. The molecule has 0 saturated carbocycles. The maximum absolute atomic E-state index is 13.2. The fourth-order valence-electron chi connectivity index (χ4n) is 2.56. The van der Waals surface area contributed by atoms with Gasteiger partial charge < -0.3 is 19.5 Å². The van der Waals surface area contributed by atoms with Crippen molar-refractivity contribution in [1.82, 2.24) is 4.90 Å². The number of aliphatic carboxylic acids is 1. The molecule has 0 unspecified atom stereocenters. The summed E-state index contributed by atoms with van der Waals surface area (Å²) in [4.78, 5) is 25.0. The number of benzene rings is 2. The number of carboxylic acids is 1. The van der Waals surface area contributed by atoms with Crippen molar-refractivity contribution in [2.24, 2.45) is 0 Å². The molecule has 2 aromatic rings. The molecule has 8 heteroatoms. The van der Waals surface area contributed by atoms with Crippen molar-refractivity contribution in [1.29, 1.82) is 0 Å². The van der Waals surface area contributed by atoms with Gasteiger partial charge in [0.2, 0.25) is 0 Å². The van der Waals surface area contributed by atoms with Crippen LogP contribution in [-0.4, -0.2) is 47.7 Å². The van der Waals surface area contributed by atoms with Crippen LogP contribution < -0.4 is 4.74 Å². The second kappa shape index (κ2) is 7.49. The third-order valence-electron chi connectivity index (χ3n) is 3.90. The Morgan fingerprint density at radius 1 is 1.08 bits per heavy atom. The molecular formula is C18H15F2NO5. The molecule has 0 radical (unpaired) electrons. The molecule has 1 fully saturated rings. The van der Waals surface area contributed by atoms with E-state index in [1.54, 1.807) is 0 Å². The Hall–Kier alpha value is -3.00.